The molecule has 0 radical (unpaired) electrons. The molecule has 0 unspecified atom stereocenters. The number of hydrogen-bond donors (Lipinski definition) is 1. The summed E-state index contributed by atoms with van der Waals surface area (Å²) in [4.78, 5) is 0. The fraction of sp³-hybridized carbons (Fsp3) is 0.222. The fourth-order valence-electron chi connectivity index (χ4n) is 3.21. The number of hydrogen-bond acceptors (Lipinski definition) is 3. The Morgan fingerprint density at radius 3 is 2.09 bits per heavy atom. The fourth-order valence-corrected chi connectivity index (χ4v) is 3.47. The second kappa shape index (κ2) is 5.83. The first-order chi connectivity index (χ1) is 10.7. The van der Waals surface area contributed by atoms with Crippen LogP contribution >= 0.6 is 15.9 Å². The molecule has 0 atom stereocenters. The molecule has 0 amide bonds. The lowest BCUT2D eigenvalue weighted by Gasteiger charge is -2.23. The molecular weight excluding hydrogens is 338 g/mol. The Kier molecular flexibility index (Phi) is 3.88. The van der Waals surface area contributed by atoms with E-state index in [9.17, 15) is 10.5 Å². The molecule has 3 nitrogen and oxygen atoms in total. The first kappa shape index (κ1) is 14.6. The van der Waals surface area contributed by atoms with Gasteiger partial charge in [0.1, 0.15) is 12.1 Å². The quantitative estimate of drug-likeness (QED) is 0.777. The minimum absolute atomic E-state index is 0.323. The van der Waals surface area contributed by atoms with Crippen molar-refractivity contribution in [2.24, 2.45) is 0 Å². The van der Waals surface area contributed by atoms with E-state index in [1.165, 1.54) is 0 Å². The maximum atomic E-state index is 9.59. The molecule has 0 saturated carbocycles. The van der Waals surface area contributed by atoms with Crippen LogP contribution in [-0.4, -0.2) is 0 Å². The summed E-state index contributed by atoms with van der Waals surface area (Å²) in [6.07, 6.45) is 3.89. The summed E-state index contributed by atoms with van der Waals surface area (Å²) in [5.74, 6) is 0. The molecule has 1 aliphatic carbocycles. The highest BCUT2D eigenvalue weighted by atomic mass is 79.9. The number of fused-ring (bicyclic) bond motifs is 1. The van der Waals surface area contributed by atoms with Gasteiger partial charge in [-0.1, -0.05) is 28.1 Å². The van der Waals surface area contributed by atoms with Crippen molar-refractivity contribution < 1.29 is 0 Å². The third-order valence-electron chi connectivity index (χ3n) is 4.22. The highest BCUT2D eigenvalue weighted by Gasteiger charge is 2.25. The summed E-state index contributed by atoms with van der Waals surface area (Å²) in [6.45, 7) is 0. The zero-order chi connectivity index (χ0) is 15.7. The molecule has 0 aromatic heterocycles. The van der Waals surface area contributed by atoms with Crippen LogP contribution in [-0.2, 0) is 12.8 Å². The Balaban J connectivity index is 2.38. The third kappa shape index (κ3) is 2.26. The van der Waals surface area contributed by atoms with Gasteiger partial charge in [-0.2, -0.15) is 10.5 Å². The first-order valence-electron chi connectivity index (χ1n) is 7.20. The maximum Gasteiger partial charge on any atom is 0.102 e. The minimum Gasteiger partial charge on any atom is -0.397 e. The van der Waals surface area contributed by atoms with Gasteiger partial charge in [-0.3, -0.25) is 0 Å². The Morgan fingerprint density at radius 2 is 1.50 bits per heavy atom. The molecule has 2 aromatic rings. The van der Waals surface area contributed by atoms with Gasteiger partial charge in [0, 0.05) is 10.0 Å². The van der Waals surface area contributed by atoms with E-state index in [-0.39, 0.29) is 0 Å². The molecule has 108 valence electrons. The lowest BCUT2D eigenvalue weighted by atomic mass is 9.80. The lowest BCUT2D eigenvalue weighted by Crippen LogP contribution is -2.12. The molecule has 3 rings (SSSR count). The van der Waals surface area contributed by atoms with Crippen LogP contribution in [0.1, 0.15) is 35.1 Å². The normalized spacial score (nSPS) is 13.0. The van der Waals surface area contributed by atoms with Gasteiger partial charge >= 0.3 is 0 Å². The van der Waals surface area contributed by atoms with Crippen molar-refractivity contribution in [1.29, 1.82) is 10.5 Å². The van der Waals surface area contributed by atoms with E-state index in [4.69, 9.17) is 5.73 Å². The van der Waals surface area contributed by atoms with Crippen LogP contribution in [0.15, 0.2) is 28.7 Å². The molecule has 4 heteroatoms. The van der Waals surface area contributed by atoms with Gasteiger partial charge in [0.15, 0.2) is 0 Å². The smallest absolute Gasteiger partial charge is 0.102 e. The van der Waals surface area contributed by atoms with E-state index in [2.05, 4.69) is 28.1 Å². The van der Waals surface area contributed by atoms with E-state index in [1.807, 2.05) is 24.3 Å². The highest BCUT2D eigenvalue weighted by Crippen LogP contribution is 2.40. The zero-order valence-electron chi connectivity index (χ0n) is 12.0. The molecule has 2 N–H and O–H groups in total. The zero-order valence-corrected chi connectivity index (χ0v) is 13.6. The van der Waals surface area contributed by atoms with E-state index >= 15 is 0 Å². The van der Waals surface area contributed by atoms with Crippen molar-refractivity contribution >= 4 is 21.6 Å². The molecule has 0 aliphatic heterocycles. The second-order valence-corrected chi connectivity index (χ2v) is 6.35. The summed E-state index contributed by atoms with van der Waals surface area (Å²) in [6, 6.07) is 12.3. The average molecular weight is 352 g/mol. The number of nitrogens with zero attached hydrogens (tertiary/aromatic N) is 2. The van der Waals surface area contributed by atoms with Crippen molar-refractivity contribution in [2.45, 2.75) is 25.7 Å². The Morgan fingerprint density at radius 1 is 0.909 bits per heavy atom. The predicted octanol–water partition coefficient (Wildman–Crippen LogP) is 4.32. The molecule has 0 heterocycles. The van der Waals surface area contributed by atoms with Crippen molar-refractivity contribution in [1.82, 2.24) is 0 Å². The van der Waals surface area contributed by atoms with Crippen LogP contribution in [0.25, 0.3) is 11.1 Å². The topological polar surface area (TPSA) is 73.6 Å². The Bertz CT molecular complexity index is 824. The first-order valence-corrected chi connectivity index (χ1v) is 8.00. The van der Waals surface area contributed by atoms with Gasteiger partial charge in [0.2, 0.25) is 0 Å². The van der Waals surface area contributed by atoms with Crippen LogP contribution in [0.4, 0.5) is 5.69 Å². The number of anilines is 1. The molecule has 0 fully saturated rings. The largest absolute Gasteiger partial charge is 0.397 e. The third-order valence-corrected chi connectivity index (χ3v) is 4.75. The lowest BCUT2D eigenvalue weighted by molar-refractivity contribution is 0.685. The van der Waals surface area contributed by atoms with Crippen molar-refractivity contribution in [3.63, 3.8) is 0 Å². The summed E-state index contributed by atoms with van der Waals surface area (Å²) in [5.41, 5.74) is 11.4. The van der Waals surface area contributed by atoms with Crippen LogP contribution in [0.5, 0.6) is 0 Å². The second-order valence-electron chi connectivity index (χ2n) is 5.43. The van der Waals surface area contributed by atoms with Gasteiger partial charge in [0.25, 0.3) is 0 Å². The number of nitriles is 2. The van der Waals surface area contributed by atoms with Crippen LogP contribution < -0.4 is 5.73 Å². The number of halogens is 1. The van der Waals surface area contributed by atoms with Gasteiger partial charge in [-0.25, -0.2) is 0 Å². The number of nitrogen functional groups attached to an aromatic ring is 1. The van der Waals surface area contributed by atoms with Gasteiger partial charge in [0.05, 0.1) is 16.8 Å². The summed E-state index contributed by atoms with van der Waals surface area (Å²) in [5, 5.41) is 19.0. The summed E-state index contributed by atoms with van der Waals surface area (Å²) in [7, 11) is 0. The summed E-state index contributed by atoms with van der Waals surface area (Å²) >= 11 is 3.43. The number of benzene rings is 2. The predicted molar refractivity (Wildman–Crippen MR) is 90.1 cm³/mol. The minimum atomic E-state index is 0.323. The van der Waals surface area contributed by atoms with E-state index in [1.54, 1.807) is 0 Å². The SMILES string of the molecule is N#Cc1c(N)c(C#N)c(-c2ccc(Br)cc2)c2c1CCCC2. The summed E-state index contributed by atoms with van der Waals surface area (Å²) < 4.78 is 0.991. The molecule has 0 bridgehead atoms. The van der Waals surface area contributed by atoms with Crippen molar-refractivity contribution in [3.05, 3.63) is 51.0 Å². The molecular formula is C18H14BrN3. The van der Waals surface area contributed by atoms with Crippen LogP contribution in [0.2, 0.25) is 0 Å². The Labute approximate surface area is 138 Å². The van der Waals surface area contributed by atoms with E-state index in [0.29, 0.717) is 16.8 Å². The van der Waals surface area contributed by atoms with Crippen LogP contribution in [0.3, 0.4) is 0 Å². The molecule has 2 aromatic carbocycles. The Hall–Kier alpha value is -2.30. The van der Waals surface area contributed by atoms with Gasteiger partial charge < -0.3 is 5.73 Å². The van der Waals surface area contributed by atoms with Crippen molar-refractivity contribution in [2.75, 3.05) is 5.73 Å². The van der Waals surface area contributed by atoms with Gasteiger partial charge in [-0.15, -0.1) is 0 Å². The number of rotatable bonds is 1. The van der Waals surface area contributed by atoms with Gasteiger partial charge in [-0.05, 0) is 54.5 Å². The van der Waals surface area contributed by atoms with E-state index in [0.717, 1.165) is 52.4 Å². The average Bonchev–Trinajstić information content (AvgIpc) is 2.55. The maximum absolute atomic E-state index is 9.59. The number of nitrogens with two attached hydrogens (primary N) is 1. The molecule has 1 aliphatic rings. The molecule has 0 saturated heterocycles. The standard InChI is InChI=1S/C18H14BrN3/c19-12-7-5-11(6-8-12)17-14-4-2-1-3-13(14)15(9-20)18(22)16(17)10-21/h5-8H,1-4,22H2. The van der Waals surface area contributed by atoms with Crippen LogP contribution in [0, 0.1) is 22.7 Å². The highest BCUT2D eigenvalue weighted by molar-refractivity contribution is 9.10. The van der Waals surface area contributed by atoms with E-state index < -0.39 is 0 Å². The monoisotopic (exact) mass is 351 g/mol. The molecule has 0 spiro atoms. The van der Waals surface area contributed by atoms with Crippen molar-refractivity contribution in [3.8, 4) is 23.3 Å². The molecule has 22 heavy (non-hydrogen) atoms.